The Bertz CT molecular complexity index is 876. The van der Waals surface area contributed by atoms with Gasteiger partial charge in [-0.3, -0.25) is 14.5 Å². The van der Waals surface area contributed by atoms with Crippen LogP contribution in [-0.4, -0.2) is 49.5 Å². The van der Waals surface area contributed by atoms with Gasteiger partial charge in [0.15, 0.2) is 0 Å². The van der Waals surface area contributed by atoms with E-state index in [0.29, 0.717) is 30.4 Å². The predicted octanol–water partition coefficient (Wildman–Crippen LogP) is 2.92. The van der Waals surface area contributed by atoms with Gasteiger partial charge in [0.2, 0.25) is 11.8 Å². The first-order chi connectivity index (χ1) is 13.9. The Hall–Kier alpha value is -2.48. The van der Waals surface area contributed by atoms with Crippen molar-refractivity contribution in [1.29, 1.82) is 0 Å². The largest absolute Gasteiger partial charge is 0.371 e. The molecule has 0 spiro atoms. The normalized spacial score (nSPS) is 17.0. The highest BCUT2D eigenvalue weighted by Gasteiger charge is 2.23. The second kappa shape index (κ2) is 9.82. The summed E-state index contributed by atoms with van der Waals surface area (Å²) in [5.41, 5.74) is 2.26. The fourth-order valence-electron chi connectivity index (χ4n) is 3.10. The van der Waals surface area contributed by atoms with Crippen molar-refractivity contribution in [1.82, 2.24) is 10.2 Å². The number of rotatable bonds is 6. The lowest BCUT2D eigenvalue weighted by Crippen LogP contribution is -2.45. The van der Waals surface area contributed by atoms with Crippen molar-refractivity contribution >= 4 is 29.1 Å². The summed E-state index contributed by atoms with van der Waals surface area (Å²) in [6.45, 7) is 3.45. The molecular weight excluding hydrogens is 397 g/mol. The van der Waals surface area contributed by atoms with Crippen LogP contribution < -0.4 is 10.6 Å². The fraction of sp³-hybridized carbons (Fsp3) is 0.333. The van der Waals surface area contributed by atoms with Crippen LogP contribution in [0.25, 0.3) is 0 Å². The molecule has 1 unspecified atom stereocenters. The maximum atomic E-state index is 13.1. The smallest absolute Gasteiger partial charge is 0.243 e. The van der Waals surface area contributed by atoms with Gasteiger partial charge in [0.25, 0.3) is 0 Å². The monoisotopic (exact) mass is 419 g/mol. The van der Waals surface area contributed by atoms with Gasteiger partial charge in [-0.25, -0.2) is 4.39 Å². The molecular formula is C21H23ClFN3O3. The molecule has 2 aromatic rings. The molecule has 0 radical (unpaired) electrons. The number of hydrogen-bond acceptors (Lipinski definition) is 4. The lowest BCUT2D eigenvalue weighted by Gasteiger charge is -2.32. The topological polar surface area (TPSA) is 70.7 Å². The van der Waals surface area contributed by atoms with E-state index in [1.165, 1.54) is 12.1 Å². The van der Waals surface area contributed by atoms with E-state index in [-0.39, 0.29) is 36.8 Å². The Morgan fingerprint density at radius 3 is 2.72 bits per heavy atom. The molecule has 6 nitrogen and oxygen atoms in total. The Morgan fingerprint density at radius 1 is 1.21 bits per heavy atom. The maximum absolute atomic E-state index is 13.1. The number of amides is 2. The fourth-order valence-corrected chi connectivity index (χ4v) is 3.27. The average Bonchev–Trinajstić information content (AvgIpc) is 2.71. The molecule has 2 aromatic carbocycles. The summed E-state index contributed by atoms with van der Waals surface area (Å²) in [4.78, 5) is 26.3. The second-order valence-corrected chi connectivity index (χ2v) is 7.29. The molecule has 2 amide bonds. The van der Waals surface area contributed by atoms with E-state index in [0.717, 1.165) is 11.1 Å². The Labute approximate surface area is 174 Å². The highest BCUT2D eigenvalue weighted by atomic mass is 35.5. The number of carbonyl (C=O) groups excluding carboxylic acids is 2. The number of ether oxygens (including phenoxy) is 1. The van der Waals surface area contributed by atoms with Crippen molar-refractivity contribution < 1.29 is 18.7 Å². The zero-order valence-corrected chi connectivity index (χ0v) is 16.8. The molecule has 8 heteroatoms. The molecule has 1 fully saturated rings. The zero-order valence-electron chi connectivity index (χ0n) is 16.1. The van der Waals surface area contributed by atoms with Crippen LogP contribution >= 0.6 is 11.6 Å². The second-order valence-electron chi connectivity index (χ2n) is 6.88. The summed E-state index contributed by atoms with van der Waals surface area (Å²) in [5, 5.41) is 5.94. The van der Waals surface area contributed by atoms with E-state index in [9.17, 15) is 14.0 Å². The van der Waals surface area contributed by atoms with Crippen molar-refractivity contribution in [2.24, 2.45) is 0 Å². The van der Waals surface area contributed by atoms with Crippen LogP contribution in [0.2, 0.25) is 5.02 Å². The van der Waals surface area contributed by atoms with Gasteiger partial charge < -0.3 is 15.4 Å². The molecule has 1 aliphatic rings. The Kier molecular flexibility index (Phi) is 7.19. The van der Waals surface area contributed by atoms with Gasteiger partial charge in [-0.05, 0) is 42.3 Å². The number of halogens is 2. The first kappa shape index (κ1) is 21.2. The third kappa shape index (κ3) is 6.00. The molecule has 0 aromatic heterocycles. The minimum absolute atomic E-state index is 0.128. The van der Waals surface area contributed by atoms with E-state index in [4.69, 9.17) is 16.3 Å². The third-order valence-electron chi connectivity index (χ3n) is 4.75. The molecule has 1 heterocycles. The quantitative estimate of drug-likeness (QED) is 0.755. The van der Waals surface area contributed by atoms with Gasteiger partial charge in [0, 0.05) is 23.8 Å². The zero-order chi connectivity index (χ0) is 20.8. The van der Waals surface area contributed by atoms with Crippen molar-refractivity contribution in [3.8, 4) is 0 Å². The van der Waals surface area contributed by atoms with Crippen molar-refractivity contribution in [3.05, 3.63) is 64.4 Å². The molecule has 154 valence electrons. The van der Waals surface area contributed by atoms with E-state index in [1.54, 1.807) is 30.3 Å². The van der Waals surface area contributed by atoms with Gasteiger partial charge >= 0.3 is 0 Å². The molecule has 1 aliphatic heterocycles. The van der Waals surface area contributed by atoms with Crippen LogP contribution in [0.5, 0.6) is 0 Å². The van der Waals surface area contributed by atoms with Crippen LogP contribution in [0.4, 0.5) is 10.1 Å². The molecule has 0 bridgehead atoms. The molecule has 2 N–H and O–H groups in total. The molecule has 0 saturated carbocycles. The summed E-state index contributed by atoms with van der Waals surface area (Å²) in [6, 6.07) is 11.4. The molecule has 1 atom stereocenters. The van der Waals surface area contributed by atoms with Crippen LogP contribution in [-0.2, 0) is 14.3 Å². The summed E-state index contributed by atoms with van der Waals surface area (Å²) >= 11 is 6.04. The van der Waals surface area contributed by atoms with E-state index >= 15 is 0 Å². The summed E-state index contributed by atoms with van der Waals surface area (Å²) in [5.74, 6) is -0.871. The number of nitrogens with zero attached hydrogens (tertiary/aromatic N) is 1. The molecule has 0 aliphatic carbocycles. The summed E-state index contributed by atoms with van der Waals surface area (Å²) in [6.07, 6.45) is -0.216. The Morgan fingerprint density at radius 2 is 1.97 bits per heavy atom. The van der Waals surface area contributed by atoms with E-state index < -0.39 is 0 Å². The maximum Gasteiger partial charge on any atom is 0.243 e. The number of morpholine rings is 1. The van der Waals surface area contributed by atoms with Gasteiger partial charge in [0.05, 0.1) is 25.8 Å². The van der Waals surface area contributed by atoms with Crippen molar-refractivity contribution in [2.45, 2.75) is 13.0 Å². The first-order valence-electron chi connectivity index (χ1n) is 9.33. The average molecular weight is 420 g/mol. The molecule has 3 rings (SSSR count). The highest BCUT2D eigenvalue weighted by Crippen LogP contribution is 2.23. The van der Waals surface area contributed by atoms with Crippen LogP contribution in [0, 0.1) is 12.7 Å². The van der Waals surface area contributed by atoms with Gasteiger partial charge in [-0.1, -0.05) is 29.8 Å². The van der Waals surface area contributed by atoms with Gasteiger partial charge in [-0.2, -0.15) is 0 Å². The van der Waals surface area contributed by atoms with E-state index in [2.05, 4.69) is 10.6 Å². The summed E-state index contributed by atoms with van der Waals surface area (Å²) < 4.78 is 18.8. The molecule has 1 saturated heterocycles. The number of hydrogen-bond donors (Lipinski definition) is 2. The number of carbonyl (C=O) groups is 2. The first-order valence-corrected chi connectivity index (χ1v) is 9.71. The van der Waals surface area contributed by atoms with Crippen molar-refractivity contribution in [2.75, 3.05) is 38.1 Å². The minimum atomic E-state index is -0.324. The standard InChI is InChI=1S/C21H23ClFN3O3/c1-14-17(22)3-2-4-18(14)25-20(27)11-24-21(28)13-26-9-10-29-19(12-26)15-5-7-16(23)8-6-15/h2-8,19H,9-13H2,1H3,(H,24,28)(H,25,27). The van der Waals surface area contributed by atoms with E-state index in [1.807, 2.05) is 11.8 Å². The number of anilines is 1. The number of benzene rings is 2. The van der Waals surface area contributed by atoms with Crippen LogP contribution in [0.1, 0.15) is 17.2 Å². The Balaban J connectivity index is 1.45. The SMILES string of the molecule is Cc1c(Cl)cccc1NC(=O)CNC(=O)CN1CCOC(c2ccc(F)cc2)C1. The van der Waals surface area contributed by atoms with Crippen LogP contribution in [0.3, 0.4) is 0 Å². The van der Waals surface area contributed by atoms with Gasteiger partial charge in [0.1, 0.15) is 5.82 Å². The van der Waals surface area contributed by atoms with Crippen molar-refractivity contribution in [3.63, 3.8) is 0 Å². The third-order valence-corrected chi connectivity index (χ3v) is 5.16. The van der Waals surface area contributed by atoms with Crippen LogP contribution in [0.15, 0.2) is 42.5 Å². The minimum Gasteiger partial charge on any atom is -0.371 e. The predicted molar refractivity (Wildman–Crippen MR) is 109 cm³/mol. The highest BCUT2D eigenvalue weighted by molar-refractivity contribution is 6.31. The lowest BCUT2D eigenvalue weighted by molar-refractivity contribution is -0.126. The van der Waals surface area contributed by atoms with Gasteiger partial charge in [-0.15, -0.1) is 0 Å². The molecule has 29 heavy (non-hydrogen) atoms. The lowest BCUT2D eigenvalue weighted by atomic mass is 10.1. The number of nitrogens with one attached hydrogen (secondary N) is 2. The summed E-state index contributed by atoms with van der Waals surface area (Å²) in [7, 11) is 0.